The number of cyclic esters (lactones) is 1. The van der Waals surface area contributed by atoms with Crippen molar-refractivity contribution in [2.75, 3.05) is 0 Å². The lowest BCUT2D eigenvalue weighted by atomic mass is 9.98. The molecule has 0 bridgehead atoms. The number of carbonyl (C=O) groups is 2. The molecule has 0 aliphatic carbocycles. The molecule has 1 rings (SSSR count). The first-order chi connectivity index (χ1) is 6.30. The number of hydrogen-bond donors (Lipinski definition) is 1. The van der Waals surface area contributed by atoms with Gasteiger partial charge in [-0.15, -0.1) is 11.8 Å². The number of ether oxygens (including phenoxy) is 1. The Hall–Kier alpha value is -0.710. The summed E-state index contributed by atoms with van der Waals surface area (Å²) in [6.45, 7) is 5.88. The van der Waals surface area contributed by atoms with Crippen molar-refractivity contribution < 1.29 is 19.4 Å². The van der Waals surface area contributed by atoms with E-state index < -0.39 is 17.2 Å². The second-order valence-electron chi connectivity index (χ2n) is 4.36. The van der Waals surface area contributed by atoms with Crippen LogP contribution >= 0.6 is 11.8 Å². The minimum atomic E-state index is -0.964. The Bertz CT molecular complexity index is 256. The quantitative estimate of drug-likeness (QED) is 0.711. The van der Waals surface area contributed by atoms with Crippen LogP contribution in [0.15, 0.2) is 0 Å². The summed E-state index contributed by atoms with van der Waals surface area (Å²) < 4.78 is 5.10. The Morgan fingerprint density at radius 2 is 2.14 bits per heavy atom. The predicted molar refractivity (Wildman–Crippen MR) is 53.0 cm³/mol. The number of carboxylic acid groups (broad SMARTS) is 1. The van der Waals surface area contributed by atoms with Crippen LogP contribution in [-0.2, 0) is 14.3 Å². The van der Waals surface area contributed by atoms with Crippen molar-refractivity contribution in [2.24, 2.45) is 5.41 Å². The number of esters is 1. The van der Waals surface area contributed by atoms with Crippen LogP contribution < -0.4 is 0 Å². The fourth-order valence-corrected chi connectivity index (χ4v) is 2.35. The van der Waals surface area contributed by atoms with Crippen LogP contribution in [-0.4, -0.2) is 27.7 Å². The van der Waals surface area contributed by atoms with Gasteiger partial charge in [0.15, 0.2) is 5.44 Å². The Balaban J connectivity index is 2.60. The van der Waals surface area contributed by atoms with Crippen molar-refractivity contribution in [3.63, 3.8) is 0 Å². The molecule has 0 aromatic rings. The molecule has 2 unspecified atom stereocenters. The maximum absolute atomic E-state index is 11.3. The van der Waals surface area contributed by atoms with Crippen molar-refractivity contribution in [1.82, 2.24) is 0 Å². The first-order valence-electron chi connectivity index (χ1n) is 4.38. The second kappa shape index (κ2) is 3.81. The smallest absolute Gasteiger partial charge is 0.320 e. The third-order valence-corrected chi connectivity index (χ3v) is 3.58. The van der Waals surface area contributed by atoms with Gasteiger partial charge in [-0.25, -0.2) is 0 Å². The number of rotatable bonds is 2. The molecule has 5 heteroatoms. The van der Waals surface area contributed by atoms with E-state index in [-0.39, 0.29) is 17.3 Å². The summed E-state index contributed by atoms with van der Waals surface area (Å²) in [4.78, 5) is 21.7. The predicted octanol–water partition coefficient (Wildman–Crippen LogP) is 1.49. The minimum absolute atomic E-state index is 0.145. The Kier molecular flexibility index (Phi) is 3.09. The van der Waals surface area contributed by atoms with Crippen LogP contribution in [0.1, 0.15) is 27.2 Å². The molecule has 0 saturated carbocycles. The molecular formula is C9H14O4S. The molecule has 0 aromatic heterocycles. The molecule has 4 nitrogen and oxygen atoms in total. The lowest BCUT2D eigenvalue weighted by Gasteiger charge is -2.23. The van der Waals surface area contributed by atoms with Gasteiger partial charge in [0.25, 0.3) is 0 Å². The zero-order valence-corrected chi connectivity index (χ0v) is 9.26. The van der Waals surface area contributed by atoms with E-state index in [0.717, 1.165) is 0 Å². The van der Waals surface area contributed by atoms with E-state index in [2.05, 4.69) is 0 Å². The maximum Gasteiger partial charge on any atom is 0.320 e. The molecule has 1 aliphatic rings. The maximum atomic E-state index is 11.3. The Labute approximate surface area is 87.0 Å². The van der Waals surface area contributed by atoms with E-state index in [1.807, 2.05) is 20.8 Å². The molecule has 14 heavy (non-hydrogen) atoms. The number of carboxylic acids is 1. The van der Waals surface area contributed by atoms with Gasteiger partial charge in [-0.2, -0.15) is 0 Å². The van der Waals surface area contributed by atoms with Gasteiger partial charge in [-0.3, -0.25) is 9.59 Å². The lowest BCUT2D eigenvalue weighted by Crippen LogP contribution is -2.23. The molecule has 1 heterocycles. The molecule has 0 radical (unpaired) electrons. The van der Waals surface area contributed by atoms with Gasteiger partial charge < -0.3 is 9.84 Å². The van der Waals surface area contributed by atoms with Gasteiger partial charge in [0.05, 0.1) is 6.42 Å². The third kappa shape index (κ3) is 2.64. The number of aliphatic carboxylic acids is 1. The van der Waals surface area contributed by atoms with Crippen LogP contribution in [0.2, 0.25) is 0 Å². The SMILES string of the molecule is CC(C)(C)C1OC(=O)C(CC(=O)O)S1. The average Bonchev–Trinajstić information content (AvgIpc) is 2.30. The van der Waals surface area contributed by atoms with Gasteiger partial charge in [-0.05, 0) is 0 Å². The summed E-state index contributed by atoms with van der Waals surface area (Å²) in [6, 6.07) is 0. The fraction of sp³-hybridized carbons (Fsp3) is 0.778. The highest BCUT2D eigenvalue weighted by atomic mass is 32.2. The van der Waals surface area contributed by atoms with Crippen LogP contribution in [0, 0.1) is 5.41 Å². The first kappa shape index (κ1) is 11.4. The van der Waals surface area contributed by atoms with Crippen molar-refractivity contribution in [3.8, 4) is 0 Å². The summed E-state index contributed by atoms with van der Waals surface area (Å²) in [5, 5.41) is 8.01. The van der Waals surface area contributed by atoms with Crippen LogP contribution in [0.4, 0.5) is 0 Å². The van der Waals surface area contributed by atoms with Crippen molar-refractivity contribution in [2.45, 2.75) is 37.9 Å². The Morgan fingerprint density at radius 3 is 2.50 bits per heavy atom. The van der Waals surface area contributed by atoms with Gasteiger partial charge in [0, 0.05) is 5.41 Å². The van der Waals surface area contributed by atoms with E-state index in [0.29, 0.717) is 0 Å². The summed E-state index contributed by atoms with van der Waals surface area (Å²) in [6.07, 6.45) is -0.157. The molecule has 1 aliphatic heterocycles. The van der Waals surface area contributed by atoms with Crippen molar-refractivity contribution in [1.29, 1.82) is 0 Å². The molecule has 0 spiro atoms. The highest BCUT2D eigenvalue weighted by molar-refractivity contribution is 8.01. The molecular weight excluding hydrogens is 204 g/mol. The van der Waals surface area contributed by atoms with Gasteiger partial charge in [-0.1, -0.05) is 20.8 Å². The van der Waals surface area contributed by atoms with Gasteiger partial charge in [0.2, 0.25) is 0 Å². The lowest BCUT2D eigenvalue weighted by molar-refractivity contribution is -0.148. The minimum Gasteiger partial charge on any atom is -0.481 e. The summed E-state index contributed by atoms with van der Waals surface area (Å²) >= 11 is 1.30. The van der Waals surface area contributed by atoms with E-state index in [1.165, 1.54) is 11.8 Å². The largest absolute Gasteiger partial charge is 0.481 e. The van der Waals surface area contributed by atoms with Crippen LogP contribution in [0.3, 0.4) is 0 Å². The van der Waals surface area contributed by atoms with Crippen molar-refractivity contribution >= 4 is 23.7 Å². The normalized spacial score (nSPS) is 27.5. The van der Waals surface area contributed by atoms with Gasteiger partial charge >= 0.3 is 11.9 Å². The van der Waals surface area contributed by atoms with E-state index in [1.54, 1.807) is 0 Å². The molecule has 0 aromatic carbocycles. The molecule has 0 amide bonds. The monoisotopic (exact) mass is 218 g/mol. The van der Waals surface area contributed by atoms with Gasteiger partial charge in [0.1, 0.15) is 5.25 Å². The topological polar surface area (TPSA) is 63.6 Å². The molecule has 80 valence electrons. The van der Waals surface area contributed by atoms with Crippen molar-refractivity contribution in [3.05, 3.63) is 0 Å². The standard InChI is InChI=1S/C9H14O4S/c1-9(2,3)8-13-7(12)5(14-8)4-6(10)11/h5,8H,4H2,1-3H3,(H,10,11). The summed E-state index contributed by atoms with van der Waals surface area (Å²) in [5.41, 5.74) is -0.382. The highest BCUT2D eigenvalue weighted by Gasteiger charge is 2.42. The number of hydrogen-bond acceptors (Lipinski definition) is 4. The van der Waals surface area contributed by atoms with Crippen LogP contribution in [0.25, 0.3) is 0 Å². The number of carbonyl (C=O) groups excluding carboxylic acids is 1. The van der Waals surface area contributed by atoms with E-state index in [4.69, 9.17) is 9.84 Å². The number of thioether (sulfide) groups is 1. The summed E-state index contributed by atoms with van der Waals surface area (Å²) in [7, 11) is 0. The molecule has 1 saturated heterocycles. The highest BCUT2D eigenvalue weighted by Crippen LogP contribution is 2.40. The zero-order chi connectivity index (χ0) is 10.9. The Morgan fingerprint density at radius 1 is 1.57 bits per heavy atom. The first-order valence-corrected chi connectivity index (χ1v) is 5.33. The van der Waals surface area contributed by atoms with E-state index >= 15 is 0 Å². The fourth-order valence-electron chi connectivity index (χ4n) is 1.08. The zero-order valence-electron chi connectivity index (χ0n) is 8.44. The molecule has 1 fully saturated rings. The van der Waals surface area contributed by atoms with Crippen LogP contribution in [0.5, 0.6) is 0 Å². The molecule has 1 N–H and O–H groups in total. The second-order valence-corrected chi connectivity index (χ2v) is 5.63. The van der Waals surface area contributed by atoms with E-state index in [9.17, 15) is 9.59 Å². The third-order valence-electron chi connectivity index (χ3n) is 1.84. The molecule has 2 atom stereocenters. The summed E-state index contributed by atoms with van der Waals surface area (Å²) in [5.74, 6) is -1.37. The average molecular weight is 218 g/mol.